The second kappa shape index (κ2) is 12.2. The molecule has 0 unspecified atom stereocenters. The van der Waals surface area contributed by atoms with Gasteiger partial charge in [-0.3, -0.25) is 4.79 Å². The number of ether oxygens (including phenoxy) is 1. The van der Waals surface area contributed by atoms with Crippen LogP contribution >= 0.6 is 0 Å². The molecule has 0 spiro atoms. The highest BCUT2D eigenvalue weighted by Crippen LogP contribution is 2.40. The van der Waals surface area contributed by atoms with Crippen molar-refractivity contribution in [2.24, 2.45) is 5.41 Å². The molecule has 200 valence electrons. The third-order valence-corrected chi connectivity index (χ3v) is 7.01. The third kappa shape index (κ3) is 7.18. The van der Waals surface area contributed by atoms with Crippen molar-refractivity contribution in [3.63, 3.8) is 0 Å². The molecule has 0 saturated carbocycles. The van der Waals surface area contributed by atoms with Crippen LogP contribution in [0.3, 0.4) is 0 Å². The molecule has 0 N–H and O–H groups in total. The average molecular weight is 515 g/mol. The largest absolute Gasteiger partial charge is 0.423 e. The topological polar surface area (TPSA) is 73.6 Å². The molecule has 0 atom stereocenters. The molecule has 3 rings (SSSR count). The molecular formula is C33H38O5. The van der Waals surface area contributed by atoms with Gasteiger partial charge >= 0.3 is 11.6 Å². The lowest BCUT2D eigenvalue weighted by atomic mass is 9.72. The first-order valence-electron chi connectivity index (χ1n) is 13.2. The minimum atomic E-state index is -0.708. The zero-order valence-corrected chi connectivity index (χ0v) is 23.6. The monoisotopic (exact) mass is 514 g/mol. The summed E-state index contributed by atoms with van der Waals surface area (Å²) in [4.78, 5) is 36.4. The number of benzene rings is 1. The summed E-state index contributed by atoms with van der Waals surface area (Å²) in [6.45, 7) is 14.0. The van der Waals surface area contributed by atoms with Crippen molar-refractivity contribution in [1.82, 2.24) is 0 Å². The number of hydrogen-bond acceptors (Lipinski definition) is 5. The van der Waals surface area contributed by atoms with Gasteiger partial charge in [-0.15, -0.1) is 0 Å². The molecule has 1 heterocycles. The van der Waals surface area contributed by atoms with Gasteiger partial charge in [0.05, 0.1) is 0 Å². The van der Waals surface area contributed by atoms with Gasteiger partial charge in [-0.1, -0.05) is 62.3 Å². The number of ketones is 1. The lowest BCUT2D eigenvalue weighted by Gasteiger charge is -2.32. The fraction of sp³-hybridized carbons (Fsp3) is 0.364. The maximum absolute atomic E-state index is 12.6. The molecule has 1 aromatic heterocycles. The molecule has 5 heteroatoms. The van der Waals surface area contributed by atoms with Crippen molar-refractivity contribution in [3.05, 3.63) is 98.5 Å². The fourth-order valence-corrected chi connectivity index (χ4v) is 4.82. The molecular weight excluding hydrogens is 476 g/mol. The Kier molecular flexibility index (Phi) is 9.26. The van der Waals surface area contributed by atoms with Crippen LogP contribution in [0.4, 0.5) is 0 Å². The van der Waals surface area contributed by atoms with E-state index in [9.17, 15) is 14.4 Å². The number of Topliss-reactive ketones (excluding diaryl/α,β-unsaturated/α-hetero) is 1. The molecule has 5 nitrogen and oxygen atoms in total. The van der Waals surface area contributed by atoms with Crippen LogP contribution in [0, 0.1) is 5.41 Å². The van der Waals surface area contributed by atoms with Crippen molar-refractivity contribution in [2.45, 2.75) is 74.1 Å². The molecule has 1 aliphatic rings. The maximum Gasteiger partial charge on any atom is 0.347 e. The first kappa shape index (κ1) is 28.8. The smallest absolute Gasteiger partial charge is 0.347 e. The first-order chi connectivity index (χ1) is 17.9. The highest BCUT2D eigenvalue weighted by Gasteiger charge is 2.26. The Morgan fingerprint density at radius 2 is 1.82 bits per heavy atom. The van der Waals surface area contributed by atoms with Crippen LogP contribution in [0.25, 0.3) is 11.0 Å². The van der Waals surface area contributed by atoms with Crippen molar-refractivity contribution in [1.29, 1.82) is 0 Å². The molecule has 0 saturated heterocycles. The average Bonchev–Trinajstić information content (AvgIpc) is 2.82. The van der Waals surface area contributed by atoms with Gasteiger partial charge in [0.1, 0.15) is 16.9 Å². The van der Waals surface area contributed by atoms with Crippen LogP contribution in [0.5, 0.6) is 5.75 Å². The molecule has 2 aromatic rings. The summed E-state index contributed by atoms with van der Waals surface area (Å²) in [7, 11) is 0. The molecule has 0 bridgehead atoms. The molecule has 1 aromatic carbocycles. The summed E-state index contributed by atoms with van der Waals surface area (Å²) in [5, 5.41) is 0.607. The van der Waals surface area contributed by atoms with Crippen LogP contribution in [-0.4, -0.2) is 11.8 Å². The van der Waals surface area contributed by atoms with Crippen LogP contribution in [-0.2, 0) is 11.2 Å². The number of allylic oxidation sites excluding steroid dienone is 9. The number of fused-ring (bicyclic) bond motifs is 1. The van der Waals surface area contributed by atoms with E-state index >= 15 is 0 Å². The minimum absolute atomic E-state index is 0.000512. The number of rotatable bonds is 8. The lowest BCUT2D eigenvalue weighted by molar-refractivity contribution is -0.129. The SMILES string of the molecule is CCc1cc2cc(C(C)=O)c(=O)oc2cc1OC(=O)C=C(C)C=CC=C(C)C=CC1=C(C)CCCC1(C)C. The van der Waals surface area contributed by atoms with E-state index in [2.05, 4.69) is 39.8 Å². The quantitative estimate of drug-likeness (QED) is 0.0891. The minimum Gasteiger partial charge on any atom is -0.423 e. The van der Waals surface area contributed by atoms with Crippen molar-refractivity contribution in [2.75, 3.05) is 0 Å². The fourth-order valence-electron chi connectivity index (χ4n) is 4.82. The number of carbonyl (C=O) groups is 2. The molecule has 0 amide bonds. The second-order valence-corrected chi connectivity index (χ2v) is 10.7. The van der Waals surface area contributed by atoms with Gasteiger partial charge < -0.3 is 9.15 Å². The number of carbonyl (C=O) groups excluding carboxylic acids is 2. The highest BCUT2D eigenvalue weighted by molar-refractivity contribution is 5.97. The standard InChI is InChI=1S/C33H38O5/c1-8-25-18-26-19-27(24(5)34)32(36)38-30(26)20-29(25)37-31(35)17-22(3)12-9-11-21(2)14-15-28-23(4)13-10-16-33(28,6)7/h9,11-12,14-15,17-20H,8,10,13,16H2,1-7H3. The van der Waals surface area contributed by atoms with Crippen molar-refractivity contribution >= 4 is 22.7 Å². The van der Waals surface area contributed by atoms with E-state index in [0.29, 0.717) is 17.6 Å². The predicted octanol–water partition coefficient (Wildman–Crippen LogP) is 8.00. The predicted molar refractivity (Wildman–Crippen MR) is 154 cm³/mol. The summed E-state index contributed by atoms with van der Waals surface area (Å²) >= 11 is 0. The Bertz CT molecular complexity index is 1450. The molecule has 0 fully saturated rings. The van der Waals surface area contributed by atoms with Gasteiger partial charge in [0, 0.05) is 17.5 Å². The Balaban J connectivity index is 1.72. The molecule has 1 aliphatic carbocycles. The van der Waals surface area contributed by atoms with E-state index in [1.54, 1.807) is 6.07 Å². The van der Waals surface area contributed by atoms with Crippen LogP contribution < -0.4 is 10.4 Å². The zero-order chi connectivity index (χ0) is 28.0. The summed E-state index contributed by atoms with van der Waals surface area (Å²) in [5.41, 5.74) is 5.30. The van der Waals surface area contributed by atoms with Gasteiger partial charge in [-0.05, 0) is 87.6 Å². The zero-order valence-electron chi connectivity index (χ0n) is 23.6. The summed E-state index contributed by atoms with van der Waals surface area (Å²) in [5.74, 6) is -0.552. The van der Waals surface area contributed by atoms with E-state index in [1.807, 2.05) is 32.1 Å². The van der Waals surface area contributed by atoms with Crippen LogP contribution in [0.15, 0.2) is 86.2 Å². The lowest BCUT2D eigenvalue weighted by Crippen LogP contribution is -2.19. The van der Waals surface area contributed by atoms with Crippen LogP contribution in [0.1, 0.15) is 83.7 Å². The number of aryl methyl sites for hydroxylation is 1. The highest BCUT2D eigenvalue weighted by atomic mass is 16.5. The van der Waals surface area contributed by atoms with Gasteiger partial charge in [0.15, 0.2) is 5.78 Å². The van der Waals surface area contributed by atoms with Crippen molar-refractivity contribution in [3.8, 4) is 5.75 Å². The first-order valence-corrected chi connectivity index (χ1v) is 13.2. The molecule has 0 radical (unpaired) electrons. The van der Waals surface area contributed by atoms with Gasteiger partial charge in [0.25, 0.3) is 0 Å². The molecule has 38 heavy (non-hydrogen) atoms. The van der Waals surface area contributed by atoms with Gasteiger partial charge in [-0.25, -0.2) is 9.59 Å². The van der Waals surface area contributed by atoms with E-state index in [0.717, 1.165) is 16.7 Å². The summed E-state index contributed by atoms with van der Waals surface area (Å²) in [6, 6.07) is 4.82. The van der Waals surface area contributed by atoms with E-state index in [4.69, 9.17) is 9.15 Å². The molecule has 0 aliphatic heterocycles. The van der Waals surface area contributed by atoms with Crippen LogP contribution in [0.2, 0.25) is 0 Å². The van der Waals surface area contributed by atoms with E-state index < -0.39 is 11.6 Å². The van der Waals surface area contributed by atoms with E-state index in [1.165, 1.54) is 55.5 Å². The second-order valence-electron chi connectivity index (χ2n) is 10.7. The Morgan fingerprint density at radius 1 is 1.08 bits per heavy atom. The van der Waals surface area contributed by atoms with Crippen molar-refractivity contribution < 1.29 is 18.7 Å². The maximum atomic E-state index is 12.6. The third-order valence-electron chi connectivity index (χ3n) is 7.01. The normalized spacial score (nSPS) is 16.6. The summed E-state index contributed by atoms with van der Waals surface area (Å²) in [6.07, 6.45) is 15.8. The summed E-state index contributed by atoms with van der Waals surface area (Å²) < 4.78 is 10.9. The Hall–Kier alpha value is -3.73. The Morgan fingerprint density at radius 3 is 2.47 bits per heavy atom. The number of hydrogen-bond donors (Lipinski definition) is 0. The Labute approximate surface area is 225 Å². The number of esters is 1. The van der Waals surface area contributed by atoms with E-state index in [-0.39, 0.29) is 22.3 Å². The van der Waals surface area contributed by atoms with Gasteiger partial charge in [-0.2, -0.15) is 0 Å². The van der Waals surface area contributed by atoms with Gasteiger partial charge in [0.2, 0.25) is 0 Å².